The molecule has 2 aromatic heterocycles. The highest BCUT2D eigenvalue weighted by Crippen LogP contribution is 2.27. The largest absolute Gasteiger partial charge is 0.438 e. The first-order chi connectivity index (χ1) is 15.8. The van der Waals surface area contributed by atoms with Gasteiger partial charge < -0.3 is 9.72 Å². The molecule has 1 N–H and O–H groups in total. The van der Waals surface area contributed by atoms with Gasteiger partial charge in [-0.15, -0.1) is 4.68 Å². The van der Waals surface area contributed by atoms with Crippen molar-refractivity contribution in [2.75, 3.05) is 0 Å². The summed E-state index contributed by atoms with van der Waals surface area (Å²) in [5, 5.41) is 26.1. The summed E-state index contributed by atoms with van der Waals surface area (Å²) >= 11 is 0. The Bertz CT molecular complexity index is 1540. The van der Waals surface area contributed by atoms with Crippen molar-refractivity contribution in [2.24, 2.45) is 5.10 Å². The van der Waals surface area contributed by atoms with Gasteiger partial charge in [-0.2, -0.15) is 5.10 Å². The van der Waals surface area contributed by atoms with Crippen LogP contribution in [0.5, 0.6) is 11.6 Å². The predicted molar refractivity (Wildman–Crippen MR) is 116 cm³/mol. The minimum absolute atomic E-state index is 0.0233. The van der Waals surface area contributed by atoms with Crippen molar-refractivity contribution in [1.82, 2.24) is 14.6 Å². The second kappa shape index (κ2) is 8.50. The van der Waals surface area contributed by atoms with Crippen molar-refractivity contribution >= 4 is 28.5 Å². The van der Waals surface area contributed by atoms with E-state index in [4.69, 9.17) is 4.74 Å². The molecule has 0 unspecified atom stereocenters. The Morgan fingerprint density at radius 2 is 1.73 bits per heavy atom. The van der Waals surface area contributed by atoms with Crippen LogP contribution in [0.1, 0.15) is 5.56 Å². The zero-order chi connectivity index (χ0) is 23.5. The fourth-order valence-electron chi connectivity index (χ4n) is 2.87. The molecule has 0 aliphatic rings. The third-order valence-electron chi connectivity index (χ3n) is 4.45. The molecule has 164 valence electrons. The van der Waals surface area contributed by atoms with Gasteiger partial charge >= 0.3 is 5.69 Å². The quantitative estimate of drug-likeness (QED) is 0.266. The third kappa shape index (κ3) is 4.32. The maximum atomic E-state index is 12.6. The van der Waals surface area contributed by atoms with E-state index in [0.29, 0.717) is 10.2 Å². The molecule has 0 saturated heterocycles. The Labute approximate surface area is 182 Å². The third-order valence-corrected chi connectivity index (χ3v) is 4.45. The van der Waals surface area contributed by atoms with E-state index in [9.17, 15) is 29.8 Å². The lowest BCUT2D eigenvalue weighted by Gasteiger charge is -2.08. The number of ether oxygens (including phenoxy) is 1. The van der Waals surface area contributed by atoms with Crippen LogP contribution in [0.2, 0.25) is 0 Å². The van der Waals surface area contributed by atoms with Crippen molar-refractivity contribution in [3.05, 3.63) is 107 Å². The number of nitro benzene ring substituents is 1. The zero-order valence-corrected chi connectivity index (χ0v) is 16.4. The van der Waals surface area contributed by atoms with Crippen LogP contribution in [0.15, 0.2) is 75.5 Å². The minimum Gasteiger partial charge on any atom is -0.438 e. The molecule has 0 spiro atoms. The molecule has 0 saturated carbocycles. The Morgan fingerprint density at radius 1 is 1.00 bits per heavy atom. The van der Waals surface area contributed by atoms with Gasteiger partial charge in [-0.05, 0) is 18.2 Å². The van der Waals surface area contributed by atoms with Crippen molar-refractivity contribution in [3.8, 4) is 11.6 Å². The van der Waals surface area contributed by atoms with Crippen LogP contribution >= 0.6 is 0 Å². The van der Waals surface area contributed by atoms with Gasteiger partial charge in [-0.3, -0.25) is 25.0 Å². The summed E-state index contributed by atoms with van der Waals surface area (Å²) in [5.74, 6) is 0.0285. The first kappa shape index (κ1) is 21.0. The van der Waals surface area contributed by atoms with Crippen LogP contribution in [0, 0.1) is 20.2 Å². The van der Waals surface area contributed by atoms with Crippen LogP contribution in [0.25, 0.3) is 10.9 Å². The summed E-state index contributed by atoms with van der Waals surface area (Å²) in [6.45, 7) is 0. The predicted octanol–water partition coefficient (Wildman–Crippen LogP) is 2.58. The number of aromatic nitrogens is 3. The van der Waals surface area contributed by atoms with Crippen LogP contribution in [0.3, 0.4) is 0 Å². The number of non-ortho nitro benzene ring substituents is 1. The molecule has 0 fully saturated rings. The topological polar surface area (TPSA) is 176 Å². The molecule has 0 aliphatic heterocycles. The van der Waals surface area contributed by atoms with Gasteiger partial charge in [-0.1, -0.05) is 12.1 Å². The Kier molecular flexibility index (Phi) is 5.42. The number of aromatic amines is 1. The van der Waals surface area contributed by atoms with Gasteiger partial charge in [0.2, 0.25) is 5.88 Å². The number of H-pyrrole nitrogens is 1. The van der Waals surface area contributed by atoms with Crippen LogP contribution in [0.4, 0.5) is 11.4 Å². The first-order valence-electron chi connectivity index (χ1n) is 9.18. The molecule has 0 radical (unpaired) electrons. The highest BCUT2D eigenvalue weighted by molar-refractivity contribution is 5.85. The number of pyridine rings is 1. The molecular weight excluding hydrogens is 436 g/mol. The van der Waals surface area contributed by atoms with E-state index in [-0.39, 0.29) is 34.0 Å². The maximum Gasteiger partial charge on any atom is 0.349 e. The average Bonchev–Trinajstić information content (AvgIpc) is 2.80. The number of nitro groups is 2. The molecule has 13 nitrogen and oxygen atoms in total. The summed E-state index contributed by atoms with van der Waals surface area (Å²) in [4.78, 5) is 52.0. The van der Waals surface area contributed by atoms with E-state index in [1.807, 2.05) is 0 Å². The van der Waals surface area contributed by atoms with E-state index in [1.54, 1.807) is 18.2 Å². The van der Waals surface area contributed by atoms with Crippen LogP contribution < -0.4 is 16.0 Å². The smallest absolute Gasteiger partial charge is 0.349 e. The van der Waals surface area contributed by atoms with Crippen molar-refractivity contribution < 1.29 is 14.6 Å². The lowest BCUT2D eigenvalue weighted by atomic mass is 10.2. The van der Waals surface area contributed by atoms with Crippen LogP contribution in [-0.4, -0.2) is 30.7 Å². The fraction of sp³-hybridized carbons (Fsp3) is 0. The Hall–Kier alpha value is -5.20. The lowest BCUT2D eigenvalue weighted by Crippen LogP contribution is -2.32. The number of fused-ring (bicyclic) bond motifs is 1. The van der Waals surface area contributed by atoms with E-state index >= 15 is 0 Å². The number of hydrogen-bond acceptors (Lipinski definition) is 9. The van der Waals surface area contributed by atoms with E-state index in [2.05, 4.69) is 15.1 Å². The summed E-state index contributed by atoms with van der Waals surface area (Å²) in [5.41, 5.74) is -1.63. The number of hydrogen-bond donors (Lipinski definition) is 1. The summed E-state index contributed by atoms with van der Waals surface area (Å²) in [6, 6.07) is 12.4. The molecule has 0 aliphatic carbocycles. The molecule has 0 bridgehead atoms. The summed E-state index contributed by atoms with van der Waals surface area (Å²) < 4.78 is 6.16. The SMILES string of the molecule is O=c1[nH]c2ccccc2c(=O)n1N=Cc1cc([N+](=O)[O-])ccc1Oc1ccc([N+](=O)[O-])cn1. The van der Waals surface area contributed by atoms with Gasteiger partial charge in [0, 0.05) is 29.8 Å². The monoisotopic (exact) mass is 448 g/mol. The number of rotatable bonds is 6. The molecule has 0 atom stereocenters. The van der Waals surface area contributed by atoms with Crippen molar-refractivity contribution in [3.63, 3.8) is 0 Å². The number of para-hydroxylation sites is 1. The van der Waals surface area contributed by atoms with Gasteiger partial charge in [0.25, 0.3) is 16.9 Å². The molecule has 0 amide bonds. The summed E-state index contributed by atoms with van der Waals surface area (Å²) in [6.07, 6.45) is 2.04. The lowest BCUT2D eigenvalue weighted by molar-refractivity contribution is -0.385. The molecule has 4 rings (SSSR count). The molecule has 13 heteroatoms. The number of nitrogens with zero attached hydrogens (tertiary/aromatic N) is 5. The second-order valence-electron chi connectivity index (χ2n) is 6.53. The minimum atomic E-state index is -0.806. The van der Waals surface area contributed by atoms with Gasteiger partial charge in [0.1, 0.15) is 11.9 Å². The molecular formula is C20H12N6O7. The highest BCUT2D eigenvalue weighted by atomic mass is 16.6. The van der Waals surface area contributed by atoms with Crippen molar-refractivity contribution in [2.45, 2.75) is 0 Å². The standard InChI is InChI=1S/C20H12N6O7/c27-19-15-3-1-2-4-16(15)23-20(28)24(19)22-10-12-9-13(25(29)30)5-7-17(12)33-18-8-6-14(11-21-18)26(31)32/h1-11H,(H,23,28). The first-order valence-corrected chi connectivity index (χ1v) is 9.18. The molecule has 4 aromatic rings. The normalized spacial score (nSPS) is 11.0. The van der Waals surface area contributed by atoms with E-state index < -0.39 is 21.1 Å². The Balaban J connectivity index is 1.76. The average molecular weight is 448 g/mol. The second-order valence-corrected chi connectivity index (χ2v) is 6.53. The zero-order valence-electron chi connectivity index (χ0n) is 16.4. The fourth-order valence-corrected chi connectivity index (χ4v) is 2.87. The Morgan fingerprint density at radius 3 is 2.42 bits per heavy atom. The van der Waals surface area contributed by atoms with E-state index in [0.717, 1.165) is 18.5 Å². The molecule has 33 heavy (non-hydrogen) atoms. The van der Waals surface area contributed by atoms with Crippen molar-refractivity contribution in [1.29, 1.82) is 0 Å². The number of benzene rings is 2. The number of nitrogens with one attached hydrogen (secondary N) is 1. The van der Waals surface area contributed by atoms with Gasteiger partial charge in [0.15, 0.2) is 0 Å². The van der Waals surface area contributed by atoms with Gasteiger partial charge in [0.05, 0.1) is 27.0 Å². The maximum absolute atomic E-state index is 12.6. The molecule has 2 heterocycles. The molecule has 2 aromatic carbocycles. The van der Waals surface area contributed by atoms with Crippen LogP contribution in [-0.2, 0) is 0 Å². The van der Waals surface area contributed by atoms with Gasteiger partial charge in [-0.25, -0.2) is 9.78 Å². The van der Waals surface area contributed by atoms with E-state index in [1.165, 1.54) is 30.3 Å². The highest BCUT2D eigenvalue weighted by Gasteiger charge is 2.14. The summed E-state index contributed by atoms with van der Waals surface area (Å²) in [7, 11) is 0.